The number of hydrogen-bond donors (Lipinski definition) is 2. The molecule has 0 spiro atoms. The number of benzene rings is 2. The van der Waals surface area contributed by atoms with Crippen molar-refractivity contribution in [2.75, 3.05) is 27.9 Å². The topological polar surface area (TPSA) is 113 Å². The van der Waals surface area contributed by atoms with E-state index < -0.39 is 18.2 Å². The molecule has 9 nitrogen and oxygen atoms in total. The summed E-state index contributed by atoms with van der Waals surface area (Å²) in [6.45, 7) is 0.589. The van der Waals surface area contributed by atoms with E-state index in [1.807, 2.05) is 30.3 Å². The first kappa shape index (κ1) is 27.3. The second-order valence-electron chi connectivity index (χ2n) is 7.64. The number of nitrogens with zero attached hydrogens (tertiary/aromatic N) is 3. The molecule has 0 aliphatic heterocycles. The van der Waals surface area contributed by atoms with E-state index in [0.717, 1.165) is 17.3 Å². The van der Waals surface area contributed by atoms with Crippen molar-refractivity contribution in [3.05, 3.63) is 83.3 Å². The Morgan fingerprint density at radius 2 is 1.68 bits per heavy atom. The van der Waals surface area contributed by atoms with E-state index in [0.29, 0.717) is 19.6 Å². The summed E-state index contributed by atoms with van der Waals surface area (Å²) >= 11 is 0. The molecule has 11 heteroatoms. The largest absolute Gasteiger partial charge is 0.494 e. The van der Waals surface area contributed by atoms with Crippen LogP contribution in [0.15, 0.2) is 65.6 Å². The van der Waals surface area contributed by atoms with Crippen molar-refractivity contribution in [3.8, 4) is 17.2 Å². The fraction of sp³-hybridized carbons (Fsp3) is 0.269. The summed E-state index contributed by atoms with van der Waals surface area (Å²) in [5.41, 5.74) is 7.59. The zero-order valence-corrected chi connectivity index (χ0v) is 20.8. The molecule has 0 atom stereocenters. The van der Waals surface area contributed by atoms with Crippen molar-refractivity contribution in [2.24, 2.45) is 10.7 Å². The number of aromatic nitrogens is 2. The Bertz CT molecular complexity index is 1190. The van der Waals surface area contributed by atoms with E-state index in [4.69, 9.17) is 24.7 Å². The number of nitrogens with two attached hydrogens (primary N) is 1. The molecule has 1 heterocycles. The maximum Gasteiger partial charge on any atom is 0.251 e. The molecule has 0 unspecified atom stereocenters. The van der Waals surface area contributed by atoms with Crippen molar-refractivity contribution in [1.29, 1.82) is 0 Å². The zero-order valence-electron chi connectivity index (χ0n) is 20.8. The summed E-state index contributed by atoms with van der Waals surface area (Å²) in [4.78, 5) is 12.3. The summed E-state index contributed by atoms with van der Waals surface area (Å²) in [6, 6.07) is 11.0. The van der Waals surface area contributed by atoms with Gasteiger partial charge in [-0.1, -0.05) is 30.3 Å². The van der Waals surface area contributed by atoms with Crippen LogP contribution in [0.4, 0.5) is 14.7 Å². The van der Waals surface area contributed by atoms with Crippen LogP contribution in [-0.2, 0) is 18.0 Å². The molecule has 2 aromatic carbocycles. The highest BCUT2D eigenvalue weighted by atomic mass is 19.1. The van der Waals surface area contributed by atoms with Crippen molar-refractivity contribution >= 4 is 11.8 Å². The molecule has 0 radical (unpaired) electrons. The van der Waals surface area contributed by atoms with E-state index in [2.05, 4.69) is 20.3 Å². The number of hydrogen-bond acceptors (Lipinski definition) is 8. The molecule has 0 aliphatic rings. The minimum absolute atomic E-state index is 0.0947. The number of rotatable bonds is 13. The highest BCUT2D eigenvalue weighted by molar-refractivity contribution is 5.93. The van der Waals surface area contributed by atoms with Gasteiger partial charge in [-0.3, -0.25) is 0 Å². The monoisotopic (exact) mass is 513 g/mol. The van der Waals surface area contributed by atoms with Crippen molar-refractivity contribution in [1.82, 2.24) is 15.3 Å². The highest BCUT2D eigenvalue weighted by Gasteiger charge is 2.20. The van der Waals surface area contributed by atoms with Gasteiger partial charge in [0.15, 0.2) is 28.9 Å². The minimum Gasteiger partial charge on any atom is -0.494 e. The van der Waals surface area contributed by atoms with Crippen molar-refractivity contribution in [3.63, 3.8) is 0 Å². The standard InChI is InChI=1S/C26H29F2N5O4/c1-30-18(9-10-36-15-17-7-5-4-6-8-17)11-23(29)33-26-31-13-19(14-32-26)37-16-20-24(27)21(34-2)12-22(35-3)25(20)28/h4-8,11-14,30H,9-10,15-16H2,1-3H3,(H2,29,31,32,33)/b18-11-. The predicted molar refractivity (Wildman–Crippen MR) is 135 cm³/mol. The van der Waals surface area contributed by atoms with E-state index >= 15 is 0 Å². The molecule has 3 rings (SSSR count). The number of nitrogens with one attached hydrogen (secondary N) is 1. The fourth-order valence-corrected chi connectivity index (χ4v) is 3.20. The average molecular weight is 514 g/mol. The van der Waals surface area contributed by atoms with Gasteiger partial charge in [-0.25, -0.2) is 18.7 Å². The Morgan fingerprint density at radius 1 is 1.03 bits per heavy atom. The number of aliphatic imine (C=N–C) groups is 1. The molecule has 3 aromatic rings. The van der Waals surface area contributed by atoms with Crippen LogP contribution in [0.1, 0.15) is 17.5 Å². The van der Waals surface area contributed by atoms with Gasteiger partial charge in [0.1, 0.15) is 12.4 Å². The first-order valence-electron chi connectivity index (χ1n) is 11.3. The lowest BCUT2D eigenvalue weighted by molar-refractivity contribution is 0.123. The third-order valence-corrected chi connectivity index (χ3v) is 5.16. The van der Waals surface area contributed by atoms with Gasteiger partial charge in [0.05, 0.1) is 45.4 Å². The molecule has 0 saturated heterocycles. The maximum atomic E-state index is 14.5. The van der Waals surface area contributed by atoms with Crippen LogP contribution < -0.4 is 25.3 Å². The Morgan fingerprint density at radius 3 is 2.27 bits per heavy atom. The fourth-order valence-electron chi connectivity index (χ4n) is 3.20. The van der Waals surface area contributed by atoms with E-state index in [-0.39, 0.29) is 34.6 Å². The summed E-state index contributed by atoms with van der Waals surface area (Å²) in [7, 11) is 4.32. The van der Waals surface area contributed by atoms with Crippen LogP contribution in [0.5, 0.6) is 17.2 Å². The second kappa shape index (κ2) is 13.7. The normalized spacial score (nSPS) is 11.8. The molecule has 0 fully saturated rings. The minimum atomic E-state index is -0.881. The van der Waals surface area contributed by atoms with Gasteiger partial charge in [-0.2, -0.15) is 4.99 Å². The summed E-state index contributed by atoms with van der Waals surface area (Å²) in [5.74, 6) is -1.62. The molecule has 0 saturated carbocycles. The molecule has 0 bridgehead atoms. The molecular weight excluding hydrogens is 484 g/mol. The third-order valence-electron chi connectivity index (χ3n) is 5.16. The number of amidine groups is 1. The molecule has 0 aliphatic carbocycles. The number of ether oxygens (including phenoxy) is 4. The molecule has 196 valence electrons. The first-order chi connectivity index (χ1) is 17.9. The Balaban J connectivity index is 1.57. The third kappa shape index (κ3) is 7.87. The lowest BCUT2D eigenvalue weighted by atomic mass is 10.1. The van der Waals surface area contributed by atoms with Crippen molar-refractivity contribution in [2.45, 2.75) is 19.6 Å². The van der Waals surface area contributed by atoms with Gasteiger partial charge in [-0.05, 0) is 11.6 Å². The molecule has 3 N–H and O–H groups in total. The first-order valence-corrected chi connectivity index (χ1v) is 11.3. The van der Waals surface area contributed by atoms with Crippen LogP contribution in [0, 0.1) is 11.6 Å². The van der Waals surface area contributed by atoms with E-state index in [9.17, 15) is 8.78 Å². The smallest absolute Gasteiger partial charge is 0.251 e. The van der Waals surface area contributed by atoms with Crippen LogP contribution in [0.25, 0.3) is 0 Å². The van der Waals surface area contributed by atoms with Gasteiger partial charge in [0.2, 0.25) is 0 Å². The van der Waals surface area contributed by atoms with Gasteiger partial charge in [0.25, 0.3) is 5.95 Å². The zero-order chi connectivity index (χ0) is 26.6. The quantitative estimate of drug-likeness (QED) is 0.200. The lowest BCUT2D eigenvalue weighted by Crippen LogP contribution is -2.15. The number of methoxy groups -OCH3 is 2. The SMILES string of the molecule is CN/C(=C\C(N)=Nc1ncc(OCc2c(F)c(OC)cc(OC)c2F)cn1)CCOCc1ccccc1. The predicted octanol–water partition coefficient (Wildman–Crippen LogP) is 4.05. The van der Waals surface area contributed by atoms with E-state index in [1.165, 1.54) is 26.6 Å². The van der Waals surface area contributed by atoms with E-state index in [1.54, 1.807) is 13.1 Å². The molecule has 1 aromatic heterocycles. The average Bonchev–Trinajstić information content (AvgIpc) is 2.92. The Hall–Kier alpha value is -4.25. The highest BCUT2D eigenvalue weighted by Crippen LogP contribution is 2.32. The Labute approximate surface area is 214 Å². The van der Waals surface area contributed by atoms with Gasteiger partial charge in [0, 0.05) is 25.2 Å². The molecular formula is C26H29F2N5O4. The van der Waals surface area contributed by atoms with Crippen LogP contribution in [0.3, 0.4) is 0 Å². The molecule has 0 amide bonds. The summed E-state index contributed by atoms with van der Waals surface area (Å²) < 4.78 is 50.0. The number of halogens is 2. The van der Waals surface area contributed by atoms with Crippen LogP contribution >= 0.6 is 0 Å². The maximum absolute atomic E-state index is 14.5. The summed E-state index contributed by atoms with van der Waals surface area (Å²) in [5, 5.41) is 3.06. The van der Waals surface area contributed by atoms with Gasteiger partial charge < -0.3 is 30.0 Å². The lowest BCUT2D eigenvalue weighted by Gasteiger charge is -2.13. The van der Waals surface area contributed by atoms with Gasteiger partial charge in [-0.15, -0.1) is 0 Å². The molecule has 37 heavy (non-hydrogen) atoms. The second-order valence-corrected chi connectivity index (χ2v) is 7.64. The van der Waals surface area contributed by atoms with Gasteiger partial charge >= 0.3 is 0 Å². The van der Waals surface area contributed by atoms with Crippen LogP contribution in [0.2, 0.25) is 0 Å². The Kier molecular flexibility index (Phi) is 10.1. The van der Waals surface area contributed by atoms with Crippen LogP contribution in [-0.4, -0.2) is 43.7 Å². The summed E-state index contributed by atoms with van der Waals surface area (Å²) in [6.07, 6.45) is 4.93. The van der Waals surface area contributed by atoms with Crippen molar-refractivity contribution < 1.29 is 27.7 Å².